The molecule has 1 aliphatic rings. The number of nitrogens with zero attached hydrogens (tertiary/aromatic N) is 3. The fourth-order valence-electron chi connectivity index (χ4n) is 3.84. The Balaban J connectivity index is 1.97. The first-order valence-electron chi connectivity index (χ1n) is 11.7. The van der Waals surface area contributed by atoms with Crippen molar-refractivity contribution in [2.75, 3.05) is 39.3 Å². The maximum absolute atomic E-state index is 13.1. The van der Waals surface area contributed by atoms with Gasteiger partial charge in [-0.1, -0.05) is 11.6 Å². The summed E-state index contributed by atoms with van der Waals surface area (Å²) in [5.41, 5.74) is 2.52. The summed E-state index contributed by atoms with van der Waals surface area (Å²) in [4.78, 5) is 37.5. The number of ketones is 1. The molecule has 37 heavy (non-hydrogen) atoms. The third-order valence-corrected chi connectivity index (χ3v) is 6.44. The number of halogens is 1. The number of aryl methyl sites for hydroxylation is 1. The number of methoxy groups -OCH3 is 3. The van der Waals surface area contributed by atoms with Gasteiger partial charge in [-0.25, -0.2) is 9.98 Å². The minimum Gasteiger partial charge on any atom is -0.493 e. The first-order valence-corrected chi connectivity index (χ1v) is 12.1. The van der Waals surface area contributed by atoms with Gasteiger partial charge in [0.2, 0.25) is 11.5 Å². The van der Waals surface area contributed by atoms with Crippen molar-refractivity contribution in [1.29, 1.82) is 0 Å². The second-order valence-electron chi connectivity index (χ2n) is 8.14. The molecule has 1 amide bonds. The van der Waals surface area contributed by atoms with E-state index >= 15 is 0 Å². The molecular weight excluding hydrogens is 496 g/mol. The van der Waals surface area contributed by atoms with Crippen molar-refractivity contribution in [3.8, 4) is 17.2 Å². The van der Waals surface area contributed by atoms with Crippen molar-refractivity contribution in [2.24, 2.45) is 4.99 Å². The summed E-state index contributed by atoms with van der Waals surface area (Å²) in [5.74, 6) is 0.770. The number of pyridine rings is 1. The summed E-state index contributed by atoms with van der Waals surface area (Å²) >= 11 is 6.36. The Hall–Kier alpha value is -3.85. The SMILES string of the molecule is CCN(CC)c1ccc(N=C2C=C(NC(=O)c3cc(OC)c(OC)c(OC)c3)C(=O)C(Cl)=C2C)c(C)n1. The Labute approximate surface area is 221 Å². The Bertz CT molecular complexity index is 1290. The average Bonchev–Trinajstić information content (AvgIpc) is 2.90. The van der Waals surface area contributed by atoms with Gasteiger partial charge >= 0.3 is 0 Å². The molecule has 0 bridgehead atoms. The van der Waals surface area contributed by atoms with E-state index in [1.165, 1.54) is 39.5 Å². The molecule has 3 rings (SSSR count). The van der Waals surface area contributed by atoms with Gasteiger partial charge in [0, 0.05) is 18.7 Å². The van der Waals surface area contributed by atoms with Gasteiger partial charge in [-0.05, 0) is 63.6 Å². The molecule has 0 aliphatic heterocycles. The number of nitrogens with one attached hydrogen (secondary N) is 1. The first-order chi connectivity index (χ1) is 17.7. The van der Waals surface area contributed by atoms with Gasteiger partial charge in [0.25, 0.3) is 5.91 Å². The van der Waals surface area contributed by atoms with E-state index in [0.29, 0.717) is 34.2 Å². The maximum atomic E-state index is 13.1. The second kappa shape index (κ2) is 11.9. The lowest BCUT2D eigenvalue weighted by atomic mass is 10.0. The van der Waals surface area contributed by atoms with E-state index in [2.05, 4.69) is 29.0 Å². The molecule has 1 heterocycles. The molecule has 2 aromatic rings. The van der Waals surface area contributed by atoms with Crippen molar-refractivity contribution in [1.82, 2.24) is 10.3 Å². The van der Waals surface area contributed by atoms with Crippen LogP contribution >= 0.6 is 11.6 Å². The molecule has 0 unspecified atom stereocenters. The molecule has 0 saturated heterocycles. The zero-order valence-corrected chi connectivity index (χ0v) is 22.8. The van der Waals surface area contributed by atoms with Gasteiger partial charge in [0.15, 0.2) is 11.5 Å². The van der Waals surface area contributed by atoms with E-state index in [-0.39, 0.29) is 16.3 Å². The highest BCUT2D eigenvalue weighted by Gasteiger charge is 2.26. The molecule has 0 spiro atoms. The quantitative estimate of drug-likeness (QED) is 0.470. The van der Waals surface area contributed by atoms with E-state index in [4.69, 9.17) is 30.8 Å². The highest BCUT2D eigenvalue weighted by molar-refractivity contribution is 6.49. The third kappa shape index (κ3) is 5.77. The number of Topliss-reactive ketones (excluding diaryl/α,β-unsaturated/α-hetero) is 1. The van der Waals surface area contributed by atoms with Crippen molar-refractivity contribution in [3.63, 3.8) is 0 Å². The van der Waals surface area contributed by atoms with Gasteiger partial charge in [-0.3, -0.25) is 9.59 Å². The summed E-state index contributed by atoms with van der Waals surface area (Å²) in [6.07, 6.45) is 1.51. The Morgan fingerprint density at radius 3 is 2.19 bits per heavy atom. The minimum absolute atomic E-state index is 0.00141. The van der Waals surface area contributed by atoms with Crippen LogP contribution < -0.4 is 24.4 Å². The van der Waals surface area contributed by atoms with Crippen LogP contribution in [0, 0.1) is 6.92 Å². The van der Waals surface area contributed by atoms with Gasteiger partial charge in [0.1, 0.15) is 5.82 Å². The predicted molar refractivity (Wildman–Crippen MR) is 145 cm³/mol. The number of aromatic nitrogens is 1. The Morgan fingerprint density at radius 1 is 1.05 bits per heavy atom. The molecule has 1 aromatic heterocycles. The lowest BCUT2D eigenvalue weighted by Gasteiger charge is -2.20. The number of allylic oxidation sites excluding steroid dienone is 3. The molecular formula is C27H31ClN4O5. The second-order valence-corrected chi connectivity index (χ2v) is 8.52. The summed E-state index contributed by atoms with van der Waals surface area (Å²) < 4.78 is 15.9. The summed E-state index contributed by atoms with van der Waals surface area (Å²) in [5, 5.41) is 2.62. The number of rotatable bonds is 9. The van der Waals surface area contributed by atoms with Crippen LogP contribution in [-0.4, -0.2) is 56.8 Å². The van der Waals surface area contributed by atoms with Gasteiger partial charge in [-0.15, -0.1) is 0 Å². The van der Waals surface area contributed by atoms with Crippen LogP contribution in [0.2, 0.25) is 0 Å². The number of benzene rings is 1. The largest absolute Gasteiger partial charge is 0.493 e. The fraction of sp³-hybridized carbons (Fsp3) is 0.333. The molecule has 196 valence electrons. The van der Waals surface area contributed by atoms with Crippen LogP contribution in [0.5, 0.6) is 17.2 Å². The molecule has 1 aliphatic carbocycles. The number of amides is 1. The first kappa shape index (κ1) is 27.7. The smallest absolute Gasteiger partial charge is 0.256 e. The van der Waals surface area contributed by atoms with Crippen LogP contribution in [0.4, 0.5) is 11.5 Å². The molecule has 0 radical (unpaired) electrons. The highest BCUT2D eigenvalue weighted by Crippen LogP contribution is 2.38. The monoisotopic (exact) mass is 526 g/mol. The normalized spacial score (nSPS) is 14.4. The Kier molecular flexibility index (Phi) is 8.94. The predicted octanol–water partition coefficient (Wildman–Crippen LogP) is 4.74. The standard InChI is InChI=1S/C27H31ClN4O5/c1-8-32(9-2)23-11-10-18(16(4)29-23)30-19-14-20(25(33)24(28)15(19)3)31-27(34)17-12-21(35-5)26(37-7)22(13-17)36-6/h10-14H,8-9H2,1-7H3,(H,31,34). The number of carbonyl (C=O) groups excluding carboxylic acids is 2. The number of aliphatic imine (C=N–C) groups is 1. The molecule has 1 N–H and O–H groups in total. The topological polar surface area (TPSA) is 102 Å². The number of hydrogen-bond donors (Lipinski definition) is 1. The number of hydrogen-bond acceptors (Lipinski definition) is 8. The van der Waals surface area contributed by atoms with Crippen LogP contribution in [0.1, 0.15) is 36.8 Å². The number of anilines is 1. The van der Waals surface area contributed by atoms with E-state index in [1.807, 2.05) is 19.1 Å². The molecule has 9 nitrogen and oxygen atoms in total. The number of ether oxygens (including phenoxy) is 3. The van der Waals surface area contributed by atoms with Crippen LogP contribution in [0.25, 0.3) is 0 Å². The van der Waals surface area contributed by atoms with Crippen LogP contribution in [-0.2, 0) is 4.79 Å². The molecule has 10 heteroatoms. The summed E-state index contributed by atoms with van der Waals surface area (Å²) in [6, 6.07) is 6.77. The molecule has 0 fully saturated rings. The molecule has 0 atom stereocenters. The maximum Gasteiger partial charge on any atom is 0.256 e. The van der Waals surface area contributed by atoms with Crippen molar-refractivity contribution in [3.05, 3.63) is 57.9 Å². The van der Waals surface area contributed by atoms with Crippen molar-refractivity contribution >= 4 is 40.5 Å². The lowest BCUT2D eigenvalue weighted by molar-refractivity contribution is -0.112. The van der Waals surface area contributed by atoms with Gasteiger partial charge < -0.3 is 24.4 Å². The number of carbonyl (C=O) groups is 2. The lowest BCUT2D eigenvalue weighted by Crippen LogP contribution is -2.31. The zero-order valence-electron chi connectivity index (χ0n) is 22.1. The zero-order chi connectivity index (χ0) is 27.3. The highest BCUT2D eigenvalue weighted by atomic mass is 35.5. The van der Waals surface area contributed by atoms with Gasteiger partial charge in [-0.2, -0.15) is 0 Å². The Morgan fingerprint density at radius 2 is 1.68 bits per heavy atom. The third-order valence-electron chi connectivity index (χ3n) is 5.99. The van der Waals surface area contributed by atoms with Crippen LogP contribution in [0.15, 0.2) is 51.6 Å². The van der Waals surface area contributed by atoms with E-state index in [1.54, 1.807) is 6.92 Å². The van der Waals surface area contributed by atoms with Crippen molar-refractivity contribution in [2.45, 2.75) is 27.7 Å². The van der Waals surface area contributed by atoms with E-state index in [0.717, 1.165) is 24.6 Å². The molecule has 0 saturated carbocycles. The summed E-state index contributed by atoms with van der Waals surface area (Å²) in [7, 11) is 4.37. The summed E-state index contributed by atoms with van der Waals surface area (Å²) in [6.45, 7) is 9.41. The fourth-order valence-corrected chi connectivity index (χ4v) is 4.04. The van der Waals surface area contributed by atoms with Crippen LogP contribution in [0.3, 0.4) is 0 Å². The van der Waals surface area contributed by atoms with Crippen molar-refractivity contribution < 1.29 is 23.8 Å². The average molecular weight is 527 g/mol. The minimum atomic E-state index is -0.552. The van der Waals surface area contributed by atoms with E-state index < -0.39 is 11.7 Å². The molecule has 1 aromatic carbocycles. The van der Waals surface area contributed by atoms with E-state index in [9.17, 15) is 9.59 Å². The van der Waals surface area contributed by atoms with Gasteiger partial charge in [0.05, 0.1) is 49.2 Å².